The first kappa shape index (κ1) is 33.8. The molecular weight excluding hydrogens is 572 g/mol. The fourth-order valence-electron chi connectivity index (χ4n) is 6.62. The normalized spacial score (nSPS) is 16.9. The number of benzene rings is 2. The highest BCUT2D eigenvalue weighted by molar-refractivity contribution is 7.90. The van der Waals surface area contributed by atoms with Gasteiger partial charge in [-0.15, -0.1) is 0 Å². The first-order valence-corrected chi connectivity index (χ1v) is 18.0. The van der Waals surface area contributed by atoms with Crippen LogP contribution in [0, 0.1) is 24.7 Å². The quantitative estimate of drug-likeness (QED) is 0.217. The molecule has 1 unspecified atom stereocenters. The molecule has 2 aliphatic rings. The van der Waals surface area contributed by atoms with Gasteiger partial charge in [0.05, 0.1) is 16.3 Å². The van der Waals surface area contributed by atoms with Crippen LogP contribution in [0.1, 0.15) is 100 Å². The van der Waals surface area contributed by atoms with Gasteiger partial charge in [-0.3, -0.25) is 9.59 Å². The van der Waals surface area contributed by atoms with Crippen molar-refractivity contribution in [2.75, 3.05) is 30.4 Å². The first-order chi connectivity index (χ1) is 21.0. The molecule has 2 fully saturated rings. The summed E-state index contributed by atoms with van der Waals surface area (Å²) in [7, 11) is -1.92. The zero-order valence-electron chi connectivity index (χ0n) is 27.0. The second kappa shape index (κ2) is 15.8. The molecule has 2 amide bonds. The van der Waals surface area contributed by atoms with Crippen molar-refractivity contribution in [2.24, 2.45) is 17.8 Å². The van der Waals surface area contributed by atoms with E-state index in [1.165, 1.54) is 31.7 Å². The van der Waals surface area contributed by atoms with Gasteiger partial charge in [0, 0.05) is 38.2 Å². The molecule has 2 aromatic rings. The summed E-state index contributed by atoms with van der Waals surface area (Å²) in [6.07, 6.45) is 11.0. The molecule has 2 aromatic carbocycles. The van der Waals surface area contributed by atoms with Crippen LogP contribution in [-0.4, -0.2) is 46.4 Å². The molecule has 0 saturated heterocycles. The topological polar surface area (TPSA) is 108 Å². The fourth-order valence-corrected chi connectivity index (χ4v) is 7.86. The van der Waals surface area contributed by atoms with E-state index in [-0.39, 0.29) is 23.1 Å². The van der Waals surface area contributed by atoms with Crippen LogP contribution in [0.25, 0.3) is 0 Å². The zero-order chi connectivity index (χ0) is 31.7. The van der Waals surface area contributed by atoms with E-state index in [0.29, 0.717) is 23.0 Å². The van der Waals surface area contributed by atoms with Gasteiger partial charge in [0.1, 0.15) is 0 Å². The summed E-state index contributed by atoms with van der Waals surface area (Å²) in [4.78, 5) is 29.2. The molecule has 1 atom stereocenters. The number of hydrogen-bond donors (Lipinski definition) is 3. The Bertz CT molecular complexity index is 1360. The predicted octanol–water partition coefficient (Wildman–Crippen LogP) is 6.65. The van der Waals surface area contributed by atoms with E-state index in [1.807, 2.05) is 18.2 Å². The van der Waals surface area contributed by atoms with Crippen LogP contribution in [-0.2, 0) is 14.8 Å². The van der Waals surface area contributed by atoms with Gasteiger partial charge in [-0.2, -0.15) is 0 Å². The average molecular weight is 625 g/mol. The van der Waals surface area contributed by atoms with Crippen LogP contribution in [0.15, 0.2) is 47.4 Å². The van der Waals surface area contributed by atoms with Crippen molar-refractivity contribution in [1.82, 2.24) is 10.0 Å². The van der Waals surface area contributed by atoms with Gasteiger partial charge < -0.3 is 15.5 Å². The number of nitrogens with zero attached hydrogens (tertiary/aromatic N) is 1. The third kappa shape index (κ3) is 9.46. The van der Waals surface area contributed by atoms with Crippen LogP contribution in [0.4, 0.5) is 11.4 Å². The summed E-state index contributed by atoms with van der Waals surface area (Å²) in [5.41, 5.74) is 3.13. The summed E-state index contributed by atoms with van der Waals surface area (Å²) in [6.45, 7) is 7.96. The zero-order valence-corrected chi connectivity index (χ0v) is 27.8. The number of carbonyl (C=O) groups is 2. The highest BCUT2D eigenvalue weighted by Gasteiger charge is 2.30. The van der Waals surface area contributed by atoms with Crippen molar-refractivity contribution in [3.8, 4) is 0 Å². The predicted molar refractivity (Wildman–Crippen MR) is 179 cm³/mol. The molecule has 9 heteroatoms. The lowest BCUT2D eigenvalue weighted by Gasteiger charge is -2.31. The number of carbonyl (C=O) groups excluding carboxylic acids is 2. The van der Waals surface area contributed by atoms with Crippen molar-refractivity contribution in [2.45, 2.75) is 102 Å². The second-order valence-electron chi connectivity index (χ2n) is 13.3. The fraction of sp³-hybridized carbons (Fsp3) is 0.600. The van der Waals surface area contributed by atoms with E-state index in [9.17, 15) is 18.0 Å². The first-order valence-electron chi connectivity index (χ1n) is 16.5. The number of amides is 2. The van der Waals surface area contributed by atoms with Crippen LogP contribution < -0.4 is 20.3 Å². The molecule has 0 aliphatic heterocycles. The van der Waals surface area contributed by atoms with E-state index >= 15 is 0 Å². The highest BCUT2D eigenvalue weighted by Crippen LogP contribution is 2.31. The molecule has 4 rings (SSSR count). The molecule has 2 saturated carbocycles. The van der Waals surface area contributed by atoms with Gasteiger partial charge in [-0.05, 0) is 86.6 Å². The van der Waals surface area contributed by atoms with E-state index in [1.54, 1.807) is 25.1 Å². The number of rotatable bonds is 14. The lowest BCUT2D eigenvalue weighted by atomic mass is 9.82. The van der Waals surface area contributed by atoms with Crippen LogP contribution >= 0.6 is 0 Å². The standard InChI is InChI=1S/C35H52N4O4S/c1-25(2)20-21-39(4)32-19-18-29(22-31(32)36-24-27-13-9-10-14-27)35(41)37-30(28-15-6-5-7-16-28)23-34(40)38-44(42,43)33-17-11-8-12-26(33)3/h8,11-12,17-19,22,25,27-28,30,36H,5-7,9-10,13-16,20-21,23-24H2,1-4H3,(H,37,41)(H,38,40). The Kier molecular flexibility index (Phi) is 12.1. The van der Waals surface area contributed by atoms with Gasteiger partial charge in [-0.1, -0.05) is 64.2 Å². The molecule has 0 heterocycles. The molecule has 0 bridgehead atoms. The third-order valence-electron chi connectivity index (χ3n) is 9.34. The van der Waals surface area contributed by atoms with Gasteiger partial charge in [0.15, 0.2) is 0 Å². The minimum absolute atomic E-state index is 0.0858. The smallest absolute Gasteiger partial charge is 0.264 e. The molecule has 0 aromatic heterocycles. The summed E-state index contributed by atoms with van der Waals surface area (Å²) < 4.78 is 28.3. The molecule has 242 valence electrons. The molecule has 8 nitrogen and oxygen atoms in total. The summed E-state index contributed by atoms with van der Waals surface area (Å²) in [6, 6.07) is 12.0. The van der Waals surface area contributed by atoms with E-state index in [4.69, 9.17) is 0 Å². The maximum absolute atomic E-state index is 13.7. The SMILES string of the molecule is Cc1ccccc1S(=O)(=O)NC(=O)CC(NC(=O)c1ccc(N(C)CCC(C)C)c(NCC2CCCC2)c1)C1CCCCC1. The van der Waals surface area contributed by atoms with Gasteiger partial charge >= 0.3 is 0 Å². The van der Waals surface area contributed by atoms with Crippen LogP contribution in [0.3, 0.4) is 0 Å². The largest absolute Gasteiger partial charge is 0.383 e. The number of anilines is 2. The minimum atomic E-state index is -4.01. The minimum Gasteiger partial charge on any atom is -0.383 e. The van der Waals surface area contributed by atoms with Crippen molar-refractivity contribution < 1.29 is 18.0 Å². The van der Waals surface area contributed by atoms with Crippen molar-refractivity contribution in [3.05, 3.63) is 53.6 Å². The Morgan fingerprint density at radius 1 is 0.955 bits per heavy atom. The molecule has 44 heavy (non-hydrogen) atoms. The third-order valence-corrected chi connectivity index (χ3v) is 10.9. The summed E-state index contributed by atoms with van der Waals surface area (Å²) in [5, 5.41) is 6.81. The maximum Gasteiger partial charge on any atom is 0.264 e. The number of sulfonamides is 1. The highest BCUT2D eigenvalue weighted by atomic mass is 32.2. The van der Waals surface area contributed by atoms with E-state index in [0.717, 1.165) is 63.0 Å². The molecular formula is C35H52N4O4S. The van der Waals surface area contributed by atoms with Crippen molar-refractivity contribution in [3.63, 3.8) is 0 Å². The van der Waals surface area contributed by atoms with E-state index < -0.39 is 22.0 Å². The van der Waals surface area contributed by atoms with Gasteiger partial charge in [-0.25, -0.2) is 13.1 Å². The number of nitrogens with one attached hydrogen (secondary N) is 3. The molecule has 0 radical (unpaired) electrons. The number of aryl methyl sites for hydroxylation is 1. The molecule has 3 N–H and O–H groups in total. The van der Waals surface area contributed by atoms with Crippen LogP contribution in [0.5, 0.6) is 0 Å². The van der Waals surface area contributed by atoms with E-state index in [2.05, 4.69) is 41.2 Å². The lowest BCUT2D eigenvalue weighted by molar-refractivity contribution is -0.120. The van der Waals surface area contributed by atoms with Gasteiger partial charge in [0.25, 0.3) is 15.9 Å². The van der Waals surface area contributed by atoms with Crippen molar-refractivity contribution >= 4 is 33.2 Å². The Morgan fingerprint density at radius 3 is 2.32 bits per heavy atom. The average Bonchev–Trinajstić information content (AvgIpc) is 3.52. The molecule has 2 aliphatic carbocycles. The Balaban J connectivity index is 1.51. The van der Waals surface area contributed by atoms with Crippen molar-refractivity contribution in [1.29, 1.82) is 0 Å². The van der Waals surface area contributed by atoms with Crippen LogP contribution in [0.2, 0.25) is 0 Å². The Labute approximate surface area is 264 Å². The lowest BCUT2D eigenvalue weighted by Crippen LogP contribution is -2.45. The Morgan fingerprint density at radius 2 is 1.64 bits per heavy atom. The number of hydrogen-bond acceptors (Lipinski definition) is 6. The molecule has 0 spiro atoms. The maximum atomic E-state index is 13.7. The summed E-state index contributed by atoms with van der Waals surface area (Å²) >= 11 is 0. The summed E-state index contributed by atoms with van der Waals surface area (Å²) in [5.74, 6) is 0.506. The monoisotopic (exact) mass is 624 g/mol. The Hall–Kier alpha value is -3.07. The van der Waals surface area contributed by atoms with Gasteiger partial charge in [0.2, 0.25) is 5.91 Å². The second-order valence-corrected chi connectivity index (χ2v) is 15.0.